The van der Waals surface area contributed by atoms with Crippen LogP contribution in [0.1, 0.15) is 0 Å². The van der Waals surface area contributed by atoms with Crippen LogP contribution in [0, 0.1) is 11.6 Å². The zero-order valence-electron chi connectivity index (χ0n) is 17.8. The first-order chi connectivity index (χ1) is 15.9. The van der Waals surface area contributed by atoms with Crippen LogP contribution in [0.25, 0.3) is 22.3 Å². The smallest absolute Gasteiger partial charge is 0.262 e. The normalized spacial score (nSPS) is 10.8. The zero-order chi connectivity index (χ0) is 23.5. The van der Waals surface area contributed by atoms with E-state index in [0.29, 0.717) is 34.0 Å². The summed E-state index contributed by atoms with van der Waals surface area (Å²) >= 11 is 0. The van der Waals surface area contributed by atoms with E-state index in [1.165, 1.54) is 18.8 Å². The molecule has 1 N–H and O–H groups in total. The minimum absolute atomic E-state index is 0.198. The summed E-state index contributed by atoms with van der Waals surface area (Å²) in [7, 11) is 2.98. The van der Waals surface area contributed by atoms with Crippen molar-refractivity contribution in [2.75, 3.05) is 19.5 Å². The minimum Gasteiger partial charge on any atom is -0.493 e. The Kier molecular flexibility index (Phi) is 6.03. The van der Waals surface area contributed by atoms with Crippen molar-refractivity contribution in [3.8, 4) is 22.9 Å². The number of fused-ring (bicyclic) bond motifs is 1. The van der Waals surface area contributed by atoms with Crippen molar-refractivity contribution in [1.82, 2.24) is 9.55 Å². The number of nitrogens with zero attached hydrogens (tertiary/aromatic N) is 2. The molecule has 1 aromatic heterocycles. The fraction of sp³-hybridized carbons (Fsp3) is 0.125. The molecule has 0 saturated heterocycles. The van der Waals surface area contributed by atoms with Crippen LogP contribution >= 0.6 is 0 Å². The molecular formula is C24H19F2N3O4. The summed E-state index contributed by atoms with van der Waals surface area (Å²) in [6.45, 7) is -0.447. The van der Waals surface area contributed by atoms with E-state index in [0.717, 1.165) is 12.1 Å². The highest BCUT2D eigenvalue weighted by atomic mass is 19.1. The number of nitrogens with one attached hydrogen (secondary N) is 1. The van der Waals surface area contributed by atoms with Gasteiger partial charge in [0.15, 0.2) is 11.5 Å². The second-order valence-corrected chi connectivity index (χ2v) is 7.09. The van der Waals surface area contributed by atoms with Crippen molar-refractivity contribution < 1.29 is 23.0 Å². The first-order valence-electron chi connectivity index (χ1n) is 9.88. The van der Waals surface area contributed by atoms with Crippen LogP contribution in [0.5, 0.6) is 11.5 Å². The third-order valence-electron chi connectivity index (χ3n) is 5.01. The van der Waals surface area contributed by atoms with Gasteiger partial charge in [-0.3, -0.25) is 14.2 Å². The van der Waals surface area contributed by atoms with Gasteiger partial charge in [-0.1, -0.05) is 12.1 Å². The number of ether oxygens (including phenoxy) is 2. The molecule has 0 bridgehead atoms. The zero-order valence-corrected chi connectivity index (χ0v) is 17.8. The maximum absolute atomic E-state index is 14.0. The van der Waals surface area contributed by atoms with Gasteiger partial charge in [-0.15, -0.1) is 0 Å². The highest BCUT2D eigenvalue weighted by Gasteiger charge is 2.18. The lowest BCUT2D eigenvalue weighted by Gasteiger charge is -2.15. The average molecular weight is 451 g/mol. The molecule has 0 aliphatic rings. The molecule has 0 aliphatic heterocycles. The van der Waals surface area contributed by atoms with Gasteiger partial charge in [-0.05, 0) is 42.5 Å². The van der Waals surface area contributed by atoms with Crippen molar-refractivity contribution in [3.05, 3.63) is 82.7 Å². The Bertz CT molecular complexity index is 1420. The summed E-state index contributed by atoms with van der Waals surface area (Å²) in [6, 6.07) is 14.5. The Labute approximate surface area is 187 Å². The van der Waals surface area contributed by atoms with Gasteiger partial charge in [0.1, 0.15) is 24.0 Å². The minimum atomic E-state index is -0.924. The fourth-order valence-corrected chi connectivity index (χ4v) is 3.43. The SMILES string of the molecule is COc1ccc(-c2nc3ccccc3c(=O)n2CC(=O)Nc2ccc(F)cc2F)cc1OC. The lowest BCUT2D eigenvalue weighted by molar-refractivity contribution is -0.116. The van der Waals surface area contributed by atoms with Gasteiger partial charge in [-0.25, -0.2) is 13.8 Å². The molecule has 0 saturated carbocycles. The van der Waals surface area contributed by atoms with Crippen molar-refractivity contribution in [1.29, 1.82) is 0 Å². The second kappa shape index (κ2) is 9.07. The molecule has 1 heterocycles. The van der Waals surface area contributed by atoms with Crippen molar-refractivity contribution >= 4 is 22.5 Å². The summed E-state index contributed by atoms with van der Waals surface area (Å²) in [5.74, 6) is -1.25. The Morgan fingerprint density at radius 3 is 2.48 bits per heavy atom. The summed E-state index contributed by atoms with van der Waals surface area (Å²) in [4.78, 5) is 30.6. The number of amides is 1. The number of rotatable bonds is 6. The summed E-state index contributed by atoms with van der Waals surface area (Å²) in [5, 5.41) is 2.69. The van der Waals surface area contributed by atoms with Crippen LogP contribution < -0.4 is 20.3 Å². The predicted molar refractivity (Wildman–Crippen MR) is 120 cm³/mol. The van der Waals surface area contributed by atoms with E-state index < -0.39 is 29.6 Å². The van der Waals surface area contributed by atoms with E-state index in [-0.39, 0.29) is 11.5 Å². The molecule has 7 nitrogen and oxygen atoms in total. The van der Waals surface area contributed by atoms with Crippen LogP contribution in [0.2, 0.25) is 0 Å². The molecule has 0 atom stereocenters. The number of benzene rings is 3. The Morgan fingerprint density at radius 1 is 1.00 bits per heavy atom. The number of hydrogen-bond donors (Lipinski definition) is 1. The monoisotopic (exact) mass is 451 g/mol. The summed E-state index contributed by atoms with van der Waals surface area (Å²) in [6.07, 6.45) is 0. The molecule has 168 valence electrons. The molecular weight excluding hydrogens is 432 g/mol. The molecule has 9 heteroatoms. The van der Waals surface area contributed by atoms with E-state index in [2.05, 4.69) is 10.3 Å². The van der Waals surface area contributed by atoms with Gasteiger partial charge in [0, 0.05) is 11.6 Å². The lowest BCUT2D eigenvalue weighted by Crippen LogP contribution is -2.30. The maximum Gasteiger partial charge on any atom is 0.262 e. The number of carbonyl (C=O) groups is 1. The molecule has 4 rings (SSSR count). The third-order valence-corrected chi connectivity index (χ3v) is 5.01. The van der Waals surface area contributed by atoms with Crippen LogP contribution in [-0.4, -0.2) is 29.7 Å². The first-order valence-corrected chi connectivity index (χ1v) is 9.88. The third kappa shape index (κ3) is 4.38. The van der Waals surface area contributed by atoms with E-state index in [9.17, 15) is 18.4 Å². The fourth-order valence-electron chi connectivity index (χ4n) is 3.43. The molecule has 0 spiro atoms. The van der Waals surface area contributed by atoms with E-state index in [1.54, 1.807) is 42.5 Å². The van der Waals surface area contributed by atoms with Gasteiger partial charge in [0.05, 0.1) is 30.8 Å². The molecule has 0 fully saturated rings. The van der Waals surface area contributed by atoms with E-state index in [4.69, 9.17) is 9.47 Å². The van der Waals surface area contributed by atoms with E-state index >= 15 is 0 Å². The second-order valence-electron chi connectivity index (χ2n) is 7.09. The van der Waals surface area contributed by atoms with Gasteiger partial charge in [0.2, 0.25) is 5.91 Å². The van der Waals surface area contributed by atoms with E-state index in [1.807, 2.05) is 0 Å². The first kappa shape index (κ1) is 21.9. The average Bonchev–Trinajstić information content (AvgIpc) is 2.82. The number of para-hydroxylation sites is 1. The largest absolute Gasteiger partial charge is 0.493 e. The number of hydrogen-bond acceptors (Lipinski definition) is 5. The Balaban J connectivity index is 1.80. The number of methoxy groups -OCH3 is 2. The standard InChI is InChI=1S/C24H19F2N3O4/c1-32-20-10-7-14(11-21(20)33-2)23-28-18-6-4-3-5-16(18)24(31)29(23)13-22(30)27-19-9-8-15(25)12-17(19)26/h3-12H,13H2,1-2H3,(H,27,30). The number of halogens is 2. The topological polar surface area (TPSA) is 82.5 Å². The summed E-state index contributed by atoms with van der Waals surface area (Å²) < 4.78 is 38.9. The molecule has 3 aromatic carbocycles. The van der Waals surface area contributed by atoms with Gasteiger partial charge in [0.25, 0.3) is 5.56 Å². The highest BCUT2D eigenvalue weighted by molar-refractivity contribution is 5.91. The molecule has 0 unspecified atom stereocenters. The van der Waals surface area contributed by atoms with Crippen LogP contribution in [0.15, 0.2) is 65.5 Å². The molecule has 0 radical (unpaired) electrons. The van der Waals surface area contributed by atoms with Crippen LogP contribution in [0.3, 0.4) is 0 Å². The van der Waals surface area contributed by atoms with Crippen molar-refractivity contribution in [2.24, 2.45) is 0 Å². The van der Waals surface area contributed by atoms with Crippen molar-refractivity contribution in [3.63, 3.8) is 0 Å². The molecule has 4 aromatic rings. The van der Waals surface area contributed by atoms with Gasteiger partial charge in [-0.2, -0.15) is 0 Å². The number of carbonyl (C=O) groups excluding carboxylic acids is 1. The molecule has 0 aliphatic carbocycles. The van der Waals surface area contributed by atoms with Gasteiger partial charge < -0.3 is 14.8 Å². The Morgan fingerprint density at radius 2 is 1.76 bits per heavy atom. The van der Waals surface area contributed by atoms with Crippen molar-refractivity contribution in [2.45, 2.75) is 6.54 Å². The predicted octanol–water partition coefficient (Wildman–Crippen LogP) is 4.00. The maximum atomic E-state index is 14.0. The van der Waals surface area contributed by atoms with Crippen LogP contribution in [0.4, 0.5) is 14.5 Å². The number of aromatic nitrogens is 2. The lowest BCUT2D eigenvalue weighted by atomic mass is 10.1. The molecule has 1 amide bonds. The Hall–Kier alpha value is -4.27. The molecule has 33 heavy (non-hydrogen) atoms. The number of anilines is 1. The van der Waals surface area contributed by atoms with Gasteiger partial charge >= 0.3 is 0 Å². The summed E-state index contributed by atoms with van der Waals surface area (Å²) in [5.41, 5.74) is 0.320. The quantitative estimate of drug-likeness (QED) is 0.479. The highest BCUT2D eigenvalue weighted by Crippen LogP contribution is 2.31. The van der Waals surface area contributed by atoms with Crippen LogP contribution in [-0.2, 0) is 11.3 Å².